The number of ether oxygens (including phenoxy) is 1. The van der Waals surface area contributed by atoms with Crippen molar-refractivity contribution in [3.8, 4) is 0 Å². The Morgan fingerprint density at radius 1 is 1.44 bits per heavy atom. The van der Waals surface area contributed by atoms with Gasteiger partial charge >= 0.3 is 5.69 Å². The fourth-order valence-electron chi connectivity index (χ4n) is 3.16. The van der Waals surface area contributed by atoms with Gasteiger partial charge in [0.2, 0.25) is 5.91 Å². The van der Waals surface area contributed by atoms with Crippen LogP contribution in [0.3, 0.4) is 0 Å². The van der Waals surface area contributed by atoms with Crippen molar-refractivity contribution in [2.45, 2.75) is 45.4 Å². The van der Waals surface area contributed by atoms with Crippen LogP contribution in [0.1, 0.15) is 36.1 Å². The second kappa shape index (κ2) is 6.83. The third-order valence-corrected chi connectivity index (χ3v) is 4.80. The number of carbonyl (C=O) groups is 1. The average Bonchev–Trinajstić information content (AvgIpc) is 3.25. The first kappa shape index (κ1) is 17.4. The maximum Gasteiger partial charge on any atom is 0.345 e. The van der Waals surface area contributed by atoms with Gasteiger partial charge in [-0.15, -0.1) is 0 Å². The standard InChI is InChI=1S/C16H24N6O3/c1-10-11(2)19-15(18-10)13-7-12(25-4)8-21(13)14(23)5-6-22-16(24)20(3)9-17-22/h9,12-13H,5-8H2,1-4H3,(H,18,19)/t12-,13+/m1/s1. The highest BCUT2D eigenvalue weighted by Crippen LogP contribution is 2.32. The molecule has 9 heteroatoms. The first-order valence-electron chi connectivity index (χ1n) is 8.34. The van der Waals surface area contributed by atoms with Crippen LogP contribution in [0.5, 0.6) is 0 Å². The van der Waals surface area contributed by atoms with E-state index in [2.05, 4.69) is 15.1 Å². The van der Waals surface area contributed by atoms with E-state index in [9.17, 15) is 9.59 Å². The number of likely N-dealkylation sites (tertiary alicyclic amines) is 1. The molecule has 136 valence electrons. The maximum absolute atomic E-state index is 12.8. The molecule has 1 saturated heterocycles. The van der Waals surface area contributed by atoms with E-state index >= 15 is 0 Å². The van der Waals surface area contributed by atoms with Crippen LogP contribution in [-0.4, -0.2) is 54.9 Å². The Balaban J connectivity index is 1.74. The summed E-state index contributed by atoms with van der Waals surface area (Å²) >= 11 is 0. The van der Waals surface area contributed by atoms with Gasteiger partial charge < -0.3 is 14.6 Å². The third-order valence-electron chi connectivity index (χ3n) is 4.80. The maximum atomic E-state index is 12.8. The summed E-state index contributed by atoms with van der Waals surface area (Å²) in [7, 11) is 3.29. The first-order chi connectivity index (χ1) is 11.9. The van der Waals surface area contributed by atoms with Crippen molar-refractivity contribution in [3.05, 3.63) is 34.0 Å². The summed E-state index contributed by atoms with van der Waals surface area (Å²) in [4.78, 5) is 34.2. The van der Waals surface area contributed by atoms with Gasteiger partial charge in [-0.25, -0.2) is 14.5 Å². The zero-order chi connectivity index (χ0) is 18.1. The first-order valence-corrected chi connectivity index (χ1v) is 8.34. The number of H-pyrrole nitrogens is 1. The van der Waals surface area contributed by atoms with Crippen molar-refractivity contribution in [2.24, 2.45) is 7.05 Å². The monoisotopic (exact) mass is 348 g/mol. The zero-order valence-corrected chi connectivity index (χ0v) is 15.0. The van der Waals surface area contributed by atoms with Crippen LogP contribution in [0, 0.1) is 13.8 Å². The van der Waals surface area contributed by atoms with E-state index in [0.717, 1.165) is 17.2 Å². The molecule has 0 bridgehead atoms. The Hall–Kier alpha value is -2.42. The topological polar surface area (TPSA) is 98.0 Å². The number of amides is 1. The van der Waals surface area contributed by atoms with Crippen molar-refractivity contribution in [1.82, 2.24) is 29.2 Å². The molecule has 1 aliphatic heterocycles. The highest BCUT2D eigenvalue weighted by atomic mass is 16.5. The lowest BCUT2D eigenvalue weighted by Gasteiger charge is -2.23. The molecule has 25 heavy (non-hydrogen) atoms. The number of hydrogen-bond acceptors (Lipinski definition) is 5. The largest absolute Gasteiger partial charge is 0.380 e. The number of imidazole rings is 1. The van der Waals surface area contributed by atoms with E-state index in [-0.39, 0.29) is 36.7 Å². The summed E-state index contributed by atoms with van der Waals surface area (Å²) < 4.78 is 8.15. The molecule has 2 aromatic rings. The Bertz CT molecular complexity index is 801. The molecule has 3 rings (SSSR count). The minimum Gasteiger partial charge on any atom is -0.380 e. The van der Waals surface area contributed by atoms with Crippen LogP contribution >= 0.6 is 0 Å². The molecule has 0 spiro atoms. The summed E-state index contributed by atoms with van der Waals surface area (Å²) in [6, 6.07) is -0.134. The average molecular weight is 348 g/mol. The number of nitrogens with one attached hydrogen (secondary N) is 1. The van der Waals surface area contributed by atoms with Gasteiger partial charge in [-0.05, 0) is 13.8 Å². The van der Waals surface area contributed by atoms with Crippen molar-refractivity contribution in [1.29, 1.82) is 0 Å². The highest BCUT2D eigenvalue weighted by molar-refractivity contribution is 5.77. The van der Waals surface area contributed by atoms with Crippen molar-refractivity contribution >= 4 is 5.91 Å². The van der Waals surface area contributed by atoms with Crippen LogP contribution < -0.4 is 5.69 Å². The van der Waals surface area contributed by atoms with Gasteiger partial charge in [0.1, 0.15) is 12.2 Å². The fraction of sp³-hybridized carbons (Fsp3) is 0.625. The predicted molar refractivity (Wildman–Crippen MR) is 90.0 cm³/mol. The molecule has 0 saturated carbocycles. The number of rotatable bonds is 5. The molecule has 9 nitrogen and oxygen atoms in total. The lowest BCUT2D eigenvalue weighted by molar-refractivity contribution is -0.132. The SMILES string of the molecule is CO[C@@H]1C[C@@H](c2nc(C)c(C)[nH]2)N(C(=O)CCn2ncn(C)c2=O)C1. The fourth-order valence-corrected chi connectivity index (χ4v) is 3.16. The molecule has 1 fully saturated rings. The van der Waals surface area contributed by atoms with Gasteiger partial charge in [0, 0.05) is 39.2 Å². The Morgan fingerprint density at radius 3 is 2.76 bits per heavy atom. The zero-order valence-electron chi connectivity index (χ0n) is 15.0. The molecule has 0 radical (unpaired) electrons. The number of aryl methyl sites for hydroxylation is 4. The van der Waals surface area contributed by atoms with Gasteiger partial charge in [-0.1, -0.05) is 0 Å². The Labute approximate surface area is 145 Å². The minimum absolute atomic E-state index is 0.0164. The summed E-state index contributed by atoms with van der Waals surface area (Å²) in [6.07, 6.45) is 2.35. The molecule has 1 N–H and O–H groups in total. The summed E-state index contributed by atoms with van der Waals surface area (Å²) in [6.45, 7) is 4.69. The number of hydrogen-bond donors (Lipinski definition) is 1. The minimum atomic E-state index is -0.224. The van der Waals surface area contributed by atoms with E-state index in [1.807, 2.05) is 13.8 Å². The molecule has 3 heterocycles. The van der Waals surface area contributed by atoms with Crippen LogP contribution in [0.2, 0.25) is 0 Å². The highest BCUT2D eigenvalue weighted by Gasteiger charge is 2.37. The Morgan fingerprint density at radius 2 is 2.20 bits per heavy atom. The summed E-state index contributed by atoms with van der Waals surface area (Å²) in [5.74, 6) is 0.756. The number of methoxy groups -OCH3 is 1. The van der Waals surface area contributed by atoms with Crippen molar-refractivity contribution in [3.63, 3.8) is 0 Å². The number of aromatic amines is 1. The summed E-state index contributed by atoms with van der Waals surface area (Å²) in [5, 5.41) is 3.99. The van der Waals surface area contributed by atoms with E-state index in [4.69, 9.17) is 4.74 Å². The lowest BCUT2D eigenvalue weighted by Crippen LogP contribution is -2.34. The van der Waals surface area contributed by atoms with E-state index in [0.29, 0.717) is 13.0 Å². The number of nitrogens with zero attached hydrogens (tertiary/aromatic N) is 5. The molecule has 0 aliphatic carbocycles. The van der Waals surface area contributed by atoms with E-state index < -0.39 is 0 Å². The quantitative estimate of drug-likeness (QED) is 0.838. The van der Waals surface area contributed by atoms with Crippen LogP contribution in [-0.2, 0) is 23.1 Å². The number of aromatic nitrogens is 5. The van der Waals surface area contributed by atoms with E-state index in [1.165, 1.54) is 15.6 Å². The van der Waals surface area contributed by atoms with Gasteiger partial charge in [0.05, 0.1) is 24.4 Å². The Kier molecular flexibility index (Phi) is 4.76. The van der Waals surface area contributed by atoms with Gasteiger partial charge in [0.15, 0.2) is 0 Å². The van der Waals surface area contributed by atoms with Crippen LogP contribution in [0.4, 0.5) is 0 Å². The van der Waals surface area contributed by atoms with Crippen molar-refractivity contribution in [2.75, 3.05) is 13.7 Å². The van der Waals surface area contributed by atoms with Crippen LogP contribution in [0.25, 0.3) is 0 Å². The van der Waals surface area contributed by atoms with E-state index in [1.54, 1.807) is 19.1 Å². The molecule has 1 aliphatic rings. The normalized spacial score (nSPS) is 20.4. The molecule has 1 amide bonds. The smallest absolute Gasteiger partial charge is 0.345 e. The predicted octanol–water partition coefficient (Wildman–Crippen LogP) is 0.300. The number of carbonyl (C=O) groups excluding carboxylic acids is 1. The van der Waals surface area contributed by atoms with Crippen LogP contribution in [0.15, 0.2) is 11.1 Å². The summed E-state index contributed by atoms with van der Waals surface area (Å²) in [5.41, 5.74) is 1.71. The molecular formula is C16H24N6O3. The molecule has 0 aromatic carbocycles. The lowest BCUT2D eigenvalue weighted by atomic mass is 10.2. The second-order valence-corrected chi connectivity index (χ2v) is 6.49. The molecule has 2 atom stereocenters. The van der Waals surface area contributed by atoms with Gasteiger partial charge in [-0.2, -0.15) is 5.10 Å². The third kappa shape index (κ3) is 3.37. The van der Waals surface area contributed by atoms with Gasteiger partial charge in [0.25, 0.3) is 0 Å². The van der Waals surface area contributed by atoms with Crippen molar-refractivity contribution < 1.29 is 9.53 Å². The van der Waals surface area contributed by atoms with Gasteiger partial charge in [-0.3, -0.25) is 9.36 Å². The molecule has 2 aromatic heterocycles. The molecule has 0 unspecified atom stereocenters. The molecular weight excluding hydrogens is 324 g/mol. The second-order valence-electron chi connectivity index (χ2n) is 6.49.